The minimum absolute atomic E-state index is 0.102. The van der Waals surface area contributed by atoms with Crippen molar-refractivity contribution in [3.63, 3.8) is 0 Å². The standard InChI is InChI=1S/C15H24N2O2/c1-11-5-6-13(9-12(11)2)17-14(19)16-10-15(3,4)7-8-18/h5-6,9,18H,7-8,10H2,1-4H3,(H2,16,17,19). The summed E-state index contributed by atoms with van der Waals surface area (Å²) in [4.78, 5) is 11.8. The van der Waals surface area contributed by atoms with E-state index in [4.69, 9.17) is 5.11 Å². The molecule has 0 saturated carbocycles. The van der Waals surface area contributed by atoms with Gasteiger partial charge < -0.3 is 15.7 Å². The Morgan fingerprint density at radius 3 is 2.53 bits per heavy atom. The Hall–Kier alpha value is -1.55. The predicted octanol–water partition coefficient (Wildman–Crippen LogP) is 2.83. The zero-order valence-corrected chi connectivity index (χ0v) is 12.2. The lowest BCUT2D eigenvalue weighted by Gasteiger charge is -2.23. The number of carbonyl (C=O) groups excluding carboxylic acids is 1. The van der Waals surface area contributed by atoms with Crippen molar-refractivity contribution in [2.45, 2.75) is 34.1 Å². The molecule has 1 aromatic carbocycles. The number of carbonyl (C=O) groups is 1. The maximum absolute atomic E-state index is 11.8. The zero-order chi connectivity index (χ0) is 14.5. The van der Waals surface area contributed by atoms with Crippen LogP contribution in [0.3, 0.4) is 0 Å². The highest BCUT2D eigenvalue weighted by Gasteiger charge is 2.18. The molecule has 3 N–H and O–H groups in total. The van der Waals surface area contributed by atoms with E-state index in [1.54, 1.807) is 0 Å². The average molecular weight is 264 g/mol. The lowest BCUT2D eigenvalue weighted by molar-refractivity contribution is 0.204. The molecule has 4 nitrogen and oxygen atoms in total. The molecule has 0 heterocycles. The van der Waals surface area contributed by atoms with E-state index >= 15 is 0 Å². The van der Waals surface area contributed by atoms with E-state index in [2.05, 4.69) is 10.6 Å². The van der Waals surface area contributed by atoms with E-state index in [1.165, 1.54) is 5.56 Å². The second kappa shape index (κ2) is 6.57. The molecule has 0 aliphatic rings. The molecule has 19 heavy (non-hydrogen) atoms. The molecule has 0 aromatic heterocycles. The highest BCUT2D eigenvalue weighted by Crippen LogP contribution is 2.18. The van der Waals surface area contributed by atoms with Crippen LogP contribution in [-0.4, -0.2) is 24.3 Å². The third kappa shape index (κ3) is 5.30. The number of urea groups is 1. The van der Waals surface area contributed by atoms with Crippen LogP contribution in [0.5, 0.6) is 0 Å². The van der Waals surface area contributed by atoms with Crippen molar-refractivity contribution < 1.29 is 9.90 Å². The molecule has 1 aromatic rings. The van der Waals surface area contributed by atoms with Gasteiger partial charge in [0, 0.05) is 18.8 Å². The van der Waals surface area contributed by atoms with Gasteiger partial charge in [0.15, 0.2) is 0 Å². The summed E-state index contributed by atoms with van der Waals surface area (Å²) in [7, 11) is 0. The summed E-state index contributed by atoms with van der Waals surface area (Å²) < 4.78 is 0. The number of amides is 2. The molecule has 0 unspecified atom stereocenters. The van der Waals surface area contributed by atoms with Crippen molar-refractivity contribution in [3.05, 3.63) is 29.3 Å². The molecule has 0 aliphatic carbocycles. The van der Waals surface area contributed by atoms with Crippen molar-refractivity contribution >= 4 is 11.7 Å². The van der Waals surface area contributed by atoms with Crippen molar-refractivity contribution in [1.82, 2.24) is 5.32 Å². The number of hydrogen-bond acceptors (Lipinski definition) is 2. The smallest absolute Gasteiger partial charge is 0.319 e. The molecule has 106 valence electrons. The van der Waals surface area contributed by atoms with Crippen LogP contribution in [0.4, 0.5) is 10.5 Å². The lowest BCUT2D eigenvalue weighted by Crippen LogP contribution is -2.37. The molecule has 0 aliphatic heterocycles. The third-order valence-corrected chi connectivity index (χ3v) is 3.28. The summed E-state index contributed by atoms with van der Waals surface area (Å²) >= 11 is 0. The Balaban J connectivity index is 2.49. The molecule has 2 amide bonds. The van der Waals surface area contributed by atoms with Crippen LogP contribution in [-0.2, 0) is 0 Å². The summed E-state index contributed by atoms with van der Waals surface area (Å²) in [6.45, 7) is 8.75. The lowest BCUT2D eigenvalue weighted by atomic mass is 9.90. The number of benzene rings is 1. The number of anilines is 1. The minimum atomic E-state index is -0.214. The summed E-state index contributed by atoms with van der Waals surface area (Å²) in [5.74, 6) is 0. The van der Waals surface area contributed by atoms with Crippen molar-refractivity contribution in [2.24, 2.45) is 5.41 Å². The summed E-state index contributed by atoms with van der Waals surface area (Å²) in [6.07, 6.45) is 0.664. The molecule has 0 saturated heterocycles. The van der Waals surface area contributed by atoms with Gasteiger partial charge in [-0.05, 0) is 48.9 Å². The first kappa shape index (κ1) is 15.5. The zero-order valence-electron chi connectivity index (χ0n) is 12.2. The fourth-order valence-electron chi connectivity index (χ4n) is 1.71. The van der Waals surface area contributed by atoms with Gasteiger partial charge in [0.05, 0.1) is 0 Å². The summed E-state index contributed by atoms with van der Waals surface area (Å²) in [6, 6.07) is 5.61. The molecule has 0 bridgehead atoms. The first-order valence-electron chi connectivity index (χ1n) is 6.57. The predicted molar refractivity (Wildman–Crippen MR) is 78.4 cm³/mol. The second-order valence-electron chi connectivity index (χ2n) is 5.74. The molecular formula is C15H24N2O2. The molecule has 0 radical (unpaired) electrons. The molecule has 0 atom stereocenters. The van der Waals surface area contributed by atoms with Crippen molar-refractivity contribution in [3.8, 4) is 0 Å². The van der Waals surface area contributed by atoms with E-state index < -0.39 is 0 Å². The van der Waals surface area contributed by atoms with E-state index in [0.29, 0.717) is 13.0 Å². The Morgan fingerprint density at radius 2 is 1.95 bits per heavy atom. The maximum atomic E-state index is 11.8. The van der Waals surface area contributed by atoms with Crippen molar-refractivity contribution in [2.75, 3.05) is 18.5 Å². The Morgan fingerprint density at radius 1 is 1.26 bits per heavy atom. The Kier molecular flexibility index (Phi) is 5.36. The number of aliphatic hydroxyl groups is 1. The molecule has 0 fully saturated rings. The van der Waals surface area contributed by atoms with Gasteiger partial charge in [0.2, 0.25) is 0 Å². The molecular weight excluding hydrogens is 240 g/mol. The van der Waals surface area contributed by atoms with Gasteiger partial charge in [0.1, 0.15) is 0 Å². The monoisotopic (exact) mass is 264 g/mol. The quantitative estimate of drug-likeness (QED) is 0.766. The number of aryl methyl sites for hydroxylation is 2. The van der Waals surface area contributed by atoms with Crippen LogP contribution in [0.15, 0.2) is 18.2 Å². The Bertz CT molecular complexity index is 442. The van der Waals surface area contributed by atoms with Crippen LogP contribution < -0.4 is 10.6 Å². The number of rotatable bonds is 5. The van der Waals surface area contributed by atoms with Gasteiger partial charge >= 0.3 is 6.03 Å². The van der Waals surface area contributed by atoms with E-state index in [9.17, 15) is 4.79 Å². The average Bonchev–Trinajstić information content (AvgIpc) is 2.32. The third-order valence-electron chi connectivity index (χ3n) is 3.28. The molecule has 4 heteroatoms. The summed E-state index contributed by atoms with van der Waals surface area (Å²) in [5.41, 5.74) is 3.05. The molecule has 0 spiro atoms. The SMILES string of the molecule is Cc1ccc(NC(=O)NCC(C)(C)CCO)cc1C. The largest absolute Gasteiger partial charge is 0.396 e. The number of hydrogen-bond donors (Lipinski definition) is 3. The van der Waals surface area contributed by atoms with Gasteiger partial charge in [-0.2, -0.15) is 0 Å². The van der Waals surface area contributed by atoms with Gasteiger partial charge in [-0.1, -0.05) is 19.9 Å². The molecule has 1 rings (SSSR count). The first-order valence-corrected chi connectivity index (χ1v) is 6.57. The first-order chi connectivity index (χ1) is 8.84. The highest BCUT2D eigenvalue weighted by atomic mass is 16.3. The summed E-state index contributed by atoms with van der Waals surface area (Å²) in [5, 5.41) is 14.6. The van der Waals surface area contributed by atoms with Gasteiger partial charge in [0.25, 0.3) is 0 Å². The van der Waals surface area contributed by atoms with E-state index in [0.717, 1.165) is 11.3 Å². The van der Waals surface area contributed by atoms with Gasteiger partial charge in [-0.25, -0.2) is 4.79 Å². The van der Waals surface area contributed by atoms with Crippen LogP contribution in [0.2, 0.25) is 0 Å². The van der Waals surface area contributed by atoms with Crippen LogP contribution >= 0.6 is 0 Å². The second-order valence-corrected chi connectivity index (χ2v) is 5.74. The fourth-order valence-corrected chi connectivity index (χ4v) is 1.71. The number of nitrogens with one attached hydrogen (secondary N) is 2. The van der Waals surface area contributed by atoms with Gasteiger partial charge in [-0.15, -0.1) is 0 Å². The van der Waals surface area contributed by atoms with Crippen LogP contribution in [0, 0.1) is 19.3 Å². The highest BCUT2D eigenvalue weighted by molar-refractivity contribution is 5.89. The maximum Gasteiger partial charge on any atom is 0.319 e. The Labute approximate surface area is 115 Å². The van der Waals surface area contributed by atoms with E-state index in [1.807, 2.05) is 45.9 Å². The van der Waals surface area contributed by atoms with Crippen LogP contribution in [0.25, 0.3) is 0 Å². The minimum Gasteiger partial charge on any atom is -0.396 e. The van der Waals surface area contributed by atoms with Gasteiger partial charge in [-0.3, -0.25) is 0 Å². The van der Waals surface area contributed by atoms with E-state index in [-0.39, 0.29) is 18.1 Å². The fraction of sp³-hybridized carbons (Fsp3) is 0.533. The number of aliphatic hydroxyl groups excluding tert-OH is 1. The van der Waals surface area contributed by atoms with Crippen molar-refractivity contribution in [1.29, 1.82) is 0 Å². The normalized spacial score (nSPS) is 11.2. The van der Waals surface area contributed by atoms with Crippen LogP contribution in [0.1, 0.15) is 31.4 Å². The topological polar surface area (TPSA) is 61.4 Å².